The van der Waals surface area contributed by atoms with E-state index in [1.54, 1.807) is 19.1 Å². The van der Waals surface area contributed by atoms with Gasteiger partial charge in [-0.05, 0) is 37.2 Å². The number of halogens is 1. The summed E-state index contributed by atoms with van der Waals surface area (Å²) in [6.45, 7) is 6.39. The Morgan fingerprint density at radius 3 is 2.60 bits per heavy atom. The largest absolute Gasteiger partial charge is 0.494 e. The molecule has 0 spiro atoms. The summed E-state index contributed by atoms with van der Waals surface area (Å²) < 4.78 is 18.2. The monoisotopic (exact) mass is 283 g/mol. The number of carbonyl (C=O) groups is 1. The third-order valence-electron chi connectivity index (χ3n) is 3.10. The summed E-state index contributed by atoms with van der Waals surface area (Å²) in [7, 11) is 0. The van der Waals surface area contributed by atoms with E-state index in [9.17, 15) is 9.18 Å². The molecule has 0 bridgehead atoms. The summed E-state index contributed by atoms with van der Waals surface area (Å²) in [5, 5.41) is 8.89. The van der Waals surface area contributed by atoms with Gasteiger partial charge >= 0.3 is 5.97 Å². The number of carboxylic acid groups (broad SMARTS) is 1. The Labute approximate surface area is 119 Å². The first-order chi connectivity index (χ1) is 9.52. The first-order valence-electron chi connectivity index (χ1n) is 6.86. The highest BCUT2D eigenvalue weighted by Crippen LogP contribution is 2.11. The van der Waals surface area contributed by atoms with Crippen LogP contribution in [-0.2, 0) is 4.79 Å². The molecule has 0 radical (unpaired) electrons. The number of rotatable bonds is 9. The van der Waals surface area contributed by atoms with Gasteiger partial charge in [0.1, 0.15) is 11.6 Å². The van der Waals surface area contributed by atoms with Crippen molar-refractivity contribution in [3.8, 4) is 5.75 Å². The highest BCUT2D eigenvalue weighted by molar-refractivity contribution is 5.69. The van der Waals surface area contributed by atoms with Crippen LogP contribution in [0.1, 0.15) is 20.3 Å². The van der Waals surface area contributed by atoms with Crippen LogP contribution < -0.4 is 4.74 Å². The van der Waals surface area contributed by atoms with Crippen molar-refractivity contribution in [3.05, 3.63) is 30.1 Å². The molecule has 1 N–H and O–H groups in total. The molecule has 0 amide bonds. The summed E-state index contributed by atoms with van der Waals surface area (Å²) >= 11 is 0. The zero-order valence-electron chi connectivity index (χ0n) is 12.0. The second kappa shape index (κ2) is 8.53. The van der Waals surface area contributed by atoms with Crippen molar-refractivity contribution < 1.29 is 19.0 Å². The lowest BCUT2D eigenvalue weighted by atomic mass is 10.1. The highest BCUT2D eigenvalue weighted by Gasteiger charge is 2.14. The van der Waals surface area contributed by atoms with Gasteiger partial charge < -0.3 is 14.7 Å². The SMILES string of the molecule is CCN(CCCOc1ccc(F)cc1)CC(C)C(=O)O. The van der Waals surface area contributed by atoms with Crippen LogP contribution in [0, 0.1) is 11.7 Å². The van der Waals surface area contributed by atoms with Crippen LogP contribution >= 0.6 is 0 Å². The average molecular weight is 283 g/mol. The smallest absolute Gasteiger partial charge is 0.307 e. The van der Waals surface area contributed by atoms with Gasteiger partial charge in [0.15, 0.2) is 0 Å². The molecule has 1 aromatic carbocycles. The van der Waals surface area contributed by atoms with Crippen molar-refractivity contribution in [1.29, 1.82) is 0 Å². The number of ether oxygens (including phenoxy) is 1. The number of hydrogen-bond acceptors (Lipinski definition) is 3. The maximum Gasteiger partial charge on any atom is 0.307 e. The number of aliphatic carboxylic acids is 1. The molecule has 20 heavy (non-hydrogen) atoms. The molecule has 1 rings (SSSR count). The molecule has 0 heterocycles. The number of nitrogens with zero attached hydrogens (tertiary/aromatic N) is 1. The fourth-order valence-corrected chi connectivity index (χ4v) is 1.85. The molecule has 1 atom stereocenters. The summed E-state index contributed by atoms with van der Waals surface area (Å²) in [5.41, 5.74) is 0. The summed E-state index contributed by atoms with van der Waals surface area (Å²) in [4.78, 5) is 12.9. The zero-order chi connectivity index (χ0) is 15.0. The summed E-state index contributed by atoms with van der Waals surface area (Å²) in [6.07, 6.45) is 0.803. The van der Waals surface area contributed by atoms with Gasteiger partial charge in [-0.15, -0.1) is 0 Å². The first kappa shape index (κ1) is 16.4. The minimum Gasteiger partial charge on any atom is -0.494 e. The van der Waals surface area contributed by atoms with Crippen molar-refractivity contribution in [2.45, 2.75) is 20.3 Å². The van der Waals surface area contributed by atoms with E-state index in [2.05, 4.69) is 4.90 Å². The molecule has 0 aromatic heterocycles. The Bertz CT molecular complexity index is 408. The fraction of sp³-hybridized carbons (Fsp3) is 0.533. The van der Waals surface area contributed by atoms with E-state index in [-0.39, 0.29) is 11.7 Å². The molecule has 0 saturated heterocycles. The molecule has 0 fully saturated rings. The molecule has 5 heteroatoms. The fourth-order valence-electron chi connectivity index (χ4n) is 1.85. The van der Waals surface area contributed by atoms with Gasteiger partial charge in [0.05, 0.1) is 12.5 Å². The maximum atomic E-state index is 12.7. The van der Waals surface area contributed by atoms with Crippen LogP contribution in [0.15, 0.2) is 24.3 Å². The standard InChI is InChI=1S/C15H22FNO3/c1-3-17(11-12(2)15(18)19)9-4-10-20-14-7-5-13(16)6-8-14/h5-8,12H,3-4,9-11H2,1-2H3,(H,18,19). The topological polar surface area (TPSA) is 49.8 Å². The third-order valence-corrected chi connectivity index (χ3v) is 3.10. The molecule has 4 nitrogen and oxygen atoms in total. The molecular formula is C15H22FNO3. The van der Waals surface area contributed by atoms with Crippen molar-refractivity contribution in [2.24, 2.45) is 5.92 Å². The van der Waals surface area contributed by atoms with E-state index in [1.165, 1.54) is 12.1 Å². The van der Waals surface area contributed by atoms with Crippen LogP contribution in [0.5, 0.6) is 5.75 Å². The Morgan fingerprint density at radius 2 is 2.05 bits per heavy atom. The van der Waals surface area contributed by atoms with Crippen LogP contribution in [0.4, 0.5) is 4.39 Å². The normalized spacial score (nSPS) is 12.4. The van der Waals surface area contributed by atoms with Crippen molar-refractivity contribution >= 4 is 5.97 Å². The van der Waals surface area contributed by atoms with Crippen LogP contribution in [0.2, 0.25) is 0 Å². The Morgan fingerprint density at radius 1 is 1.40 bits per heavy atom. The van der Waals surface area contributed by atoms with Crippen LogP contribution in [0.25, 0.3) is 0 Å². The van der Waals surface area contributed by atoms with E-state index < -0.39 is 5.97 Å². The van der Waals surface area contributed by atoms with Gasteiger partial charge in [-0.3, -0.25) is 4.79 Å². The minimum absolute atomic E-state index is 0.280. The van der Waals surface area contributed by atoms with Gasteiger partial charge in [-0.25, -0.2) is 4.39 Å². The predicted molar refractivity (Wildman–Crippen MR) is 75.4 cm³/mol. The lowest BCUT2D eigenvalue weighted by molar-refractivity contribution is -0.141. The highest BCUT2D eigenvalue weighted by atomic mass is 19.1. The molecule has 1 aromatic rings. The van der Waals surface area contributed by atoms with Crippen molar-refractivity contribution in [2.75, 3.05) is 26.2 Å². The molecule has 1 unspecified atom stereocenters. The van der Waals surface area contributed by atoms with Crippen molar-refractivity contribution in [1.82, 2.24) is 4.90 Å². The molecule has 0 aliphatic carbocycles. The Balaban J connectivity index is 2.24. The number of carboxylic acids is 1. The molecule has 0 aliphatic rings. The summed E-state index contributed by atoms with van der Waals surface area (Å²) in [6, 6.07) is 5.92. The van der Waals surface area contributed by atoms with Crippen LogP contribution in [0.3, 0.4) is 0 Å². The molecule has 112 valence electrons. The molecule has 0 saturated carbocycles. The number of benzene rings is 1. The zero-order valence-corrected chi connectivity index (χ0v) is 12.0. The second-order valence-electron chi connectivity index (χ2n) is 4.79. The van der Waals surface area contributed by atoms with E-state index in [4.69, 9.17) is 9.84 Å². The quantitative estimate of drug-likeness (QED) is 0.708. The van der Waals surface area contributed by atoms with E-state index >= 15 is 0 Å². The van der Waals surface area contributed by atoms with Gasteiger partial charge in [0.2, 0.25) is 0 Å². The lowest BCUT2D eigenvalue weighted by Crippen LogP contribution is -2.33. The third kappa shape index (κ3) is 6.02. The number of hydrogen-bond donors (Lipinski definition) is 1. The predicted octanol–water partition coefficient (Wildman–Crippen LogP) is 2.64. The van der Waals surface area contributed by atoms with Crippen molar-refractivity contribution in [3.63, 3.8) is 0 Å². The van der Waals surface area contributed by atoms with E-state index in [1.807, 2.05) is 6.92 Å². The lowest BCUT2D eigenvalue weighted by Gasteiger charge is -2.22. The summed E-state index contributed by atoms with van der Waals surface area (Å²) in [5.74, 6) is -0.774. The molecule has 0 aliphatic heterocycles. The van der Waals surface area contributed by atoms with Crippen LogP contribution in [-0.4, -0.2) is 42.2 Å². The Hall–Kier alpha value is -1.62. The van der Waals surface area contributed by atoms with Gasteiger partial charge in [0, 0.05) is 13.1 Å². The van der Waals surface area contributed by atoms with E-state index in [0.29, 0.717) is 18.9 Å². The van der Waals surface area contributed by atoms with Gasteiger partial charge in [-0.1, -0.05) is 13.8 Å². The maximum absolute atomic E-state index is 12.7. The molecular weight excluding hydrogens is 261 g/mol. The minimum atomic E-state index is -0.772. The second-order valence-corrected chi connectivity index (χ2v) is 4.79. The first-order valence-corrected chi connectivity index (χ1v) is 6.86. The van der Waals surface area contributed by atoms with Gasteiger partial charge in [-0.2, -0.15) is 0 Å². The van der Waals surface area contributed by atoms with E-state index in [0.717, 1.165) is 19.5 Å². The Kier molecular flexibility index (Phi) is 7.01. The average Bonchev–Trinajstić information content (AvgIpc) is 2.43. The van der Waals surface area contributed by atoms with Gasteiger partial charge in [0.25, 0.3) is 0 Å².